The quantitative estimate of drug-likeness (QED) is 0.920. The molecule has 3 aliphatic rings. The van der Waals surface area contributed by atoms with Gasteiger partial charge in [-0.2, -0.15) is 0 Å². The van der Waals surface area contributed by atoms with E-state index in [1.165, 1.54) is 24.0 Å². The number of nitrogens with zero attached hydrogens (tertiary/aromatic N) is 1. The summed E-state index contributed by atoms with van der Waals surface area (Å²) >= 11 is 0. The highest BCUT2D eigenvalue weighted by molar-refractivity contribution is 5.81. The van der Waals surface area contributed by atoms with E-state index in [9.17, 15) is 9.90 Å². The Labute approximate surface area is 145 Å². The Morgan fingerprint density at radius 2 is 1.88 bits per heavy atom. The lowest BCUT2D eigenvalue weighted by atomic mass is 9.55. The molecule has 24 heavy (non-hydrogen) atoms. The lowest BCUT2D eigenvalue weighted by molar-refractivity contribution is -0.168. The minimum atomic E-state index is -0.605. The van der Waals surface area contributed by atoms with E-state index in [0.717, 1.165) is 13.1 Å². The van der Waals surface area contributed by atoms with Gasteiger partial charge in [-0.3, -0.25) is 4.79 Å². The molecule has 1 aromatic rings. The first kappa shape index (κ1) is 16.1. The molecule has 2 aliphatic carbocycles. The van der Waals surface area contributed by atoms with Gasteiger partial charge in [0.05, 0.1) is 5.60 Å². The Kier molecular flexibility index (Phi) is 3.58. The Morgan fingerprint density at radius 3 is 2.46 bits per heavy atom. The standard InChI is InChI=1S/C21H29NO2/c1-14(2)15-5-4-6-16(7-15)17-10-21(11-17)12-22(13-21)19(23)18-8-20(3,24)9-18/h4-7,14,17-18,24H,8-13H2,1-3H3. The highest BCUT2D eigenvalue weighted by Gasteiger charge is 2.55. The van der Waals surface area contributed by atoms with Gasteiger partial charge in [-0.25, -0.2) is 0 Å². The highest BCUT2D eigenvalue weighted by Crippen LogP contribution is 2.56. The van der Waals surface area contributed by atoms with Crippen molar-refractivity contribution in [3.8, 4) is 0 Å². The summed E-state index contributed by atoms with van der Waals surface area (Å²) < 4.78 is 0. The zero-order valence-electron chi connectivity index (χ0n) is 15.1. The van der Waals surface area contributed by atoms with Crippen molar-refractivity contribution in [1.29, 1.82) is 0 Å². The number of carbonyl (C=O) groups is 1. The molecule has 0 atom stereocenters. The monoisotopic (exact) mass is 327 g/mol. The van der Waals surface area contributed by atoms with Crippen LogP contribution in [0.25, 0.3) is 0 Å². The second-order valence-corrected chi connectivity index (χ2v) is 9.23. The molecule has 0 unspecified atom stereocenters. The first-order valence-electron chi connectivity index (χ1n) is 9.38. The molecule has 1 aliphatic heterocycles. The van der Waals surface area contributed by atoms with Gasteiger partial charge in [-0.05, 0) is 55.6 Å². The third kappa shape index (κ3) is 2.67. The van der Waals surface area contributed by atoms with E-state index in [-0.39, 0.29) is 11.8 Å². The lowest BCUT2D eigenvalue weighted by Gasteiger charge is -2.60. The van der Waals surface area contributed by atoms with Gasteiger partial charge in [0, 0.05) is 24.4 Å². The van der Waals surface area contributed by atoms with Crippen LogP contribution in [0.15, 0.2) is 24.3 Å². The van der Waals surface area contributed by atoms with Crippen molar-refractivity contribution in [3.05, 3.63) is 35.4 Å². The van der Waals surface area contributed by atoms with Gasteiger partial charge in [-0.15, -0.1) is 0 Å². The number of carbonyl (C=O) groups excluding carboxylic acids is 1. The molecule has 1 spiro atoms. The van der Waals surface area contributed by atoms with Crippen LogP contribution < -0.4 is 0 Å². The van der Waals surface area contributed by atoms with Gasteiger partial charge in [0.25, 0.3) is 0 Å². The first-order valence-corrected chi connectivity index (χ1v) is 9.38. The van der Waals surface area contributed by atoms with Crippen LogP contribution in [0.2, 0.25) is 0 Å². The van der Waals surface area contributed by atoms with Crippen LogP contribution in [0.5, 0.6) is 0 Å². The van der Waals surface area contributed by atoms with E-state index in [4.69, 9.17) is 0 Å². The molecule has 1 aromatic carbocycles. The largest absolute Gasteiger partial charge is 0.390 e. The molecule has 0 radical (unpaired) electrons. The fraction of sp³-hybridized carbons (Fsp3) is 0.667. The topological polar surface area (TPSA) is 40.5 Å². The number of benzene rings is 1. The second-order valence-electron chi connectivity index (χ2n) is 9.23. The van der Waals surface area contributed by atoms with Gasteiger partial charge < -0.3 is 10.0 Å². The van der Waals surface area contributed by atoms with E-state index in [1.807, 2.05) is 11.8 Å². The molecule has 130 valence electrons. The molecule has 0 bridgehead atoms. The van der Waals surface area contributed by atoms with Gasteiger partial charge in [0.2, 0.25) is 5.91 Å². The molecule has 0 aromatic heterocycles. The summed E-state index contributed by atoms with van der Waals surface area (Å²) in [6.07, 6.45) is 3.72. The Balaban J connectivity index is 1.30. The van der Waals surface area contributed by atoms with Crippen LogP contribution in [-0.4, -0.2) is 34.6 Å². The van der Waals surface area contributed by atoms with Crippen molar-refractivity contribution in [3.63, 3.8) is 0 Å². The summed E-state index contributed by atoms with van der Waals surface area (Å²) in [5.41, 5.74) is 2.69. The third-order valence-electron chi connectivity index (χ3n) is 6.49. The van der Waals surface area contributed by atoms with Crippen molar-refractivity contribution < 1.29 is 9.90 Å². The number of aliphatic hydroxyl groups is 1. The highest BCUT2D eigenvalue weighted by atomic mass is 16.3. The zero-order valence-corrected chi connectivity index (χ0v) is 15.1. The molecular formula is C21H29NO2. The first-order chi connectivity index (χ1) is 11.3. The number of rotatable bonds is 3. The van der Waals surface area contributed by atoms with Crippen LogP contribution in [0.4, 0.5) is 0 Å². The van der Waals surface area contributed by atoms with Crippen LogP contribution >= 0.6 is 0 Å². The molecule has 3 nitrogen and oxygen atoms in total. The van der Waals surface area contributed by atoms with Gasteiger partial charge in [0.1, 0.15) is 0 Å². The van der Waals surface area contributed by atoms with Crippen molar-refractivity contribution in [2.75, 3.05) is 13.1 Å². The van der Waals surface area contributed by atoms with Crippen LogP contribution in [-0.2, 0) is 4.79 Å². The molecule has 4 rings (SSSR count). The lowest BCUT2D eigenvalue weighted by Crippen LogP contribution is -2.65. The number of hydrogen-bond acceptors (Lipinski definition) is 2. The van der Waals surface area contributed by atoms with E-state index >= 15 is 0 Å². The molecule has 3 heteroatoms. The van der Waals surface area contributed by atoms with Crippen molar-refractivity contribution >= 4 is 5.91 Å². The molecule has 1 heterocycles. The summed E-state index contributed by atoms with van der Waals surface area (Å²) in [4.78, 5) is 14.4. The number of amides is 1. The van der Waals surface area contributed by atoms with E-state index in [0.29, 0.717) is 30.1 Å². The minimum absolute atomic E-state index is 0.0657. The number of likely N-dealkylation sites (tertiary alicyclic amines) is 1. The predicted molar refractivity (Wildman–Crippen MR) is 94.9 cm³/mol. The SMILES string of the molecule is CC(C)c1cccc(C2CC3(C2)CN(C(=O)C2CC(C)(O)C2)C3)c1. The summed E-state index contributed by atoms with van der Waals surface area (Å²) in [6.45, 7) is 8.19. The van der Waals surface area contributed by atoms with Gasteiger partial charge in [-0.1, -0.05) is 38.1 Å². The Bertz CT molecular complexity index is 642. The maximum absolute atomic E-state index is 12.4. The molecule has 1 amide bonds. The average Bonchev–Trinajstić information content (AvgIpc) is 2.41. The third-order valence-corrected chi connectivity index (χ3v) is 6.49. The summed E-state index contributed by atoms with van der Waals surface area (Å²) in [5.74, 6) is 1.59. The molecule has 2 saturated carbocycles. The minimum Gasteiger partial charge on any atom is -0.390 e. The van der Waals surface area contributed by atoms with Crippen molar-refractivity contribution in [2.24, 2.45) is 11.3 Å². The summed E-state index contributed by atoms with van der Waals surface area (Å²) in [7, 11) is 0. The maximum atomic E-state index is 12.4. The summed E-state index contributed by atoms with van der Waals surface area (Å²) in [6, 6.07) is 9.05. The molecule has 3 fully saturated rings. The average molecular weight is 327 g/mol. The van der Waals surface area contributed by atoms with Crippen LogP contribution in [0.1, 0.15) is 69.4 Å². The van der Waals surface area contributed by atoms with Crippen molar-refractivity contribution in [2.45, 2.75) is 63.9 Å². The zero-order chi connectivity index (χ0) is 17.1. The second kappa shape index (κ2) is 5.32. The van der Waals surface area contributed by atoms with Crippen LogP contribution in [0.3, 0.4) is 0 Å². The maximum Gasteiger partial charge on any atom is 0.225 e. The molecular weight excluding hydrogens is 298 g/mol. The predicted octanol–water partition coefficient (Wildman–Crippen LogP) is 3.68. The van der Waals surface area contributed by atoms with E-state index in [1.54, 1.807) is 0 Å². The Morgan fingerprint density at radius 1 is 1.21 bits per heavy atom. The van der Waals surface area contributed by atoms with Crippen LogP contribution in [0, 0.1) is 11.3 Å². The van der Waals surface area contributed by atoms with E-state index in [2.05, 4.69) is 38.1 Å². The fourth-order valence-corrected chi connectivity index (χ4v) is 5.01. The molecule has 1 saturated heterocycles. The summed E-state index contributed by atoms with van der Waals surface area (Å²) in [5, 5.41) is 9.82. The van der Waals surface area contributed by atoms with Gasteiger partial charge >= 0.3 is 0 Å². The van der Waals surface area contributed by atoms with Gasteiger partial charge in [0.15, 0.2) is 0 Å². The smallest absolute Gasteiger partial charge is 0.225 e. The Hall–Kier alpha value is -1.35. The molecule has 1 N–H and O–H groups in total. The van der Waals surface area contributed by atoms with Crippen molar-refractivity contribution in [1.82, 2.24) is 4.90 Å². The number of hydrogen-bond donors (Lipinski definition) is 1. The normalized spacial score (nSPS) is 31.5. The van der Waals surface area contributed by atoms with E-state index < -0.39 is 5.60 Å². The fourth-order valence-electron chi connectivity index (χ4n) is 5.01.